The van der Waals surface area contributed by atoms with Gasteiger partial charge in [-0.3, -0.25) is 4.90 Å². The maximum absolute atomic E-state index is 13.1. The van der Waals surface area contributed by atoms with Gasteiger partial charge in [0.25, 0.3) is 0 Å². The van der Waals surface area contributed by atoms with Gasteiger partial charge < -0.3 is 0 Å². The molecule has 1 aromatic carbocycles. The quantitative estimate of drug-likeness (QED) is 0.828. The maximum atomic E-state index is 13.1. The minimum absolute atomic E-state index is 0.0385. The summed E-state index contributed by atoms with van der Waals surface area (Å²) in [6, 6.07) is 8.80. The molecule has 0 radical (unpaired) electrons. The highest BCUT2D eigenvalue weighted by Crippen LogP contribution is 2.39. The molecule has 0 aromatic heterocycles. The average Bonchev–Trinajstić information content (AvgIpc) is 3.30. The molecule has 0 N–H and O–H groups in total. The summed E-state index contributed by atoms with van der Waals surface area (Å²) in [6.45, 7) is 8.04. The molecule has 0 amide bonds. The van der Waals surface area contributed by atoms with E-state index in [1.807, 2.05) is 12.1 Å². The van der Waals surface area contributed by atoms with Crippen molar-refractivity contribution in [1.82, 2.24) is 9.21 Å². The summed E-state index contributed by atoms with van der Waals surface area (Å²) in [5, 5.41) is 0. The van der Waals surface area contributed by atoms with E-state index in [4.69, 9.17) is 0 Å². The fourth-order valence-corrected chi connectivity index (χ4v) is 6.57. The van der Waals surface area contributed by atoms with Crippen LogP contribution in [0.3, 0.4) is 0 Å². The van der Waals surface area contributed by atoms with Crippen LogP contribution < -0.4 is 0 Å². The first-order valence-electron chi connectivity index (χ1n) is 9.65. The molecule has 0 spiro atoms. The van der Waals surface area contributed by atoms with Crippen molar-refractivity contribution >= 4 is 10.0 Å². The molecule has 3 fully saturated rings. The van der Waals surface area contributed by atoms with E-state index in [1.54, 1.807) is 16.4 Å². The van der Waals surface area contributed by atoms with E-state index >= 15 is 0 Å². The second kappa shape index (κ2) is 6.07. The van der Waals surface area contributed by atoms with Crippen molar-refractivity contribution in [1.29, 1.82) is 0 Å². The highest BCUT2D eigenvalue weighted by atomic mass is 32.2. The van der Waals surface area contributed by atoms with E-state index in [9.17, 15) is 8.42 Å². The molecule has 0 unspecified atom stereocenters. The van der Waals surface area contributed by atoms with Gasteiger partial charge in [-0.05, 0) is 42.4 Å². The van der Waals surface area contributed by atoms with Gasteiger partial charge in [-0.25, -0.2) is 8.42 Å². The lowest BCUT2D eigenvalue weighted by molar-refractivity contribution is 0.131. The molecule has 2 heterocycles. The maximum Gasteiger partial charge on any atom is 0.243 e. The van der Waals surface area contributed by atoms with Gasteiger partial charge in [0, 0.05) is 31.2 Å². The number of piperazine rings is 1. The first kappa shape index (κ1) is 17.5. The van der Waals surface area contributed by atoms with Crippen molar-refractivity contribution in [3.63, 3.8) is 0 Å². The summed E-state index contributed by atoms with van der Waals surface area (Å²) in [6.07, 6.45) is 6.27. The topological polar surface area (TPSA) is 40.6 Å². The highest BCUT2D eigenvalue weighted by Gasteiger charge is 2.50. The molecular weight excluding hydrogens is 332 g/mol. The Hall–Kier alpha value is -0.910. The number of rotatable bonds is 3. The van der Waals surface area contributed by atoms with Crippen LogP contribution in [0.25, 0.3) is 0 Å². The fourth-order valence-electron chi connectivity index (χ4n) is 4.90. The van der Waals surface area contributed by atoms with Gasteiger partial charge in [0.1, 0.15) is 0 Å². The molecule has 1 saturated carbocycles. The molecule has 4 rings (SSSR count). The minimum Gasteiger partial charge on any atom is -0.294 e. The van der Waals surface area contributed by atoms with Crippen molar-refractivity contribution in [3.05, 3.63) is 29.8 Å². The van der Waals surface area contributed by atoms with E-state index in [1.165, 1.54) is 31.2 Å². The molecule has 2 atom stereocenters. The van der Waals surface area contributed by atoms with Crippen molar-refractivity contribution in [3.8, 4) is 0 Å². The molecule has 2 bridgehead atoms. The first-order chi connectivity index (χ1) is 11.8. The molecular formula is C20H30N2O2S. The Labute approximate surface area is 152 Å². The zero-order chi connectivity index (χ0) is 17.8. The van der Waals surface area contributed by atoms with Crippen molar-refractivity contribution in [2.75, 3.05) is 13.1 Å². The Morgan fingerprint density at radius 3 is 2.08 bits per heavy atom. The molecule has 4 nitrogen and oxygen atoms in total. The van der Waals surface area contributed by atoms with Crippen LogP contribution >= 0.6 is 0 Å². The predicted molar refractivity (Wildman–Crippen MR) is 100 cm³/mol. The second-order valence-corrected chi connectivity index (χ2v) is 10.9. The van der Waals surface area contributed by atoms with Crippen LogP contribution in [0.5, 0.6) is 0 Å². The molecule has 2 saturated heterocycles. The van der Waals surface area contributed by atoms with Crippen LogP contribution in [0.15, 0.2) is 29.2 Å². The fraction of sp³-hybridized carbons (Fsp3) is 0.700. The van der Waals surface area contributed by atoms with Gasteiger partial charge in [-0.15, -0.1) is 0 Å². The van der Waals surface area contributed by atoms with Gasteiger partial charge in [0.15, 0.2) is 0 Å². The molecule has 2 aliphatic heterocycles. The van der Waals surface area contributed by atoms with Crippen LogP contribution in [0.1, 0.15) is 58.4 Å². The van der Waals surface area contributed by atoms with Gasteiger partial charge in [-0.2, -0.15) is 4.31 Å². The monoisotopic (exact) mass is 362 g/mol. The normalized spacial score (nSPS) is 28.9. The molecule has 3 aliphatic rings. The molecule has 25 heavy (non-hydrogen) atoms. The summed E-state index contributed by atoms with van der Waals surface area (Å²) in [7, 11) is -3.37. The van der Waals surface area contributed by atoms with Crippen LogP contribution in [0.4, 0.5) is 0 Å². The first-order valence-corrected chi connectivity index (χ1v) is 11.1. The third kappa shape index (κ3) is 3.04. The third-order valence-electron chi connectivity index (χ3n) is 6.35. The average molecular weight is 363 g/mol. The Balaban J connectivity index is 1.51. The van der Waals surface area contributed by atoms with Crippen LogP contribution in [-0.4, -0.2) is 48.8 Å². The second-order valence-electron chi connectivity index (χ2n) is 9.03. The molecule has 5 heteroatoms. The Morgan fingerprint density at radius 2 is 1.56 bits per heavy atom. The summed E-state index contributed by atoms with van der Waals surface area (Å²) in [4.78, 5) is 3.05. The Bertz CT molecular complexity index is 730. The smallest absolute Gasteiger partial charge is 0.243 e. The number of likely N-dealkylation sites (tertiary alicyclic amines) is 1. The summed E-state index contributed by atoms with van der Waals surface area (Å²) in [5.41, 5.74) is 1.21. The molecule has 1 aromatic rings. The SMILES string of the molecule is CC(C)(C)c1ccc(S(=O)(=O)N2C[C@H]3C[C@@H]2CN3C2CCCC2)cc1. The van der Waals surface area contributed by atoms with E-state index in [0.29, 0.717) is 23.5 Å². The summed E-state index contributed by atoms with van der Waals surface area (Å²) >= 11 is 0. The number of hydrogen-bond acceptors (Lipinski definition) is 3. The van der Waals surface area contributed by atoms with E-state index < -0.39 is 10.0 Å². The lowest BCUT2D eigenvalue weighted by atomic mass is 9.87. The third-order valence-corrected chi connectivity index (χ3v) is 8.29. The highest BCUT2D eigenvalue weighted by molar-refractivity contribution is 7.89. The predicted octanol–water partition coefficient (Wildman–Crippen LogP) is 3.37. The van der Waals surface area contributed by atoms with Crippen LogP contribution in [-0.2, 0) is 15.4 Å². The van der Waals surface area contributed by atoms with Gasteiger partial charge in [0.2, 0.25) is 10.0 Å². The molecule has 138 valence electrons. The zero-order valence-electron chi connectivity index (χ0n) is 15.6. The Morgan fingerprint density at radius 1 is 0.920 bits per heavy atom. The standard InChI is InChI=1S/C20H30N2O2S/c1-20(2,3)15-8-10-19(11-9-15)25(23,24)22-14-17-12-18(22)13-21(17)16-6-4-5-7-16/h8-11,16-18H,4-7,12-14H2,1-3H3/t17-,18-/m1/s1. The number of fused-ring (bicyclic) bond motifs is 2. The largest absolute Gasteiger partial charge is 0.294 e. The number of sulfonamides is 1. The summed E-state index contributed by atoms with van der Waals surface area (Å²) in [5.74, 6) is 0. The van der Waals surface area contributed by atoms with E-state index in [0.717, 1.165) is 13.0 Å². The van der Waals surface area contributed by atoms with Crippen molar-refractivity contribution < 1.29 is 8.42 Å². The minimum atomic E-state index is -3.37. The molecule has 1 aliphatic carbocycles. The van der Waals surface area contributed by atoms with Gasteiger partial charge in [0.05, 0.1) is 4.90 Å². The lowest BCUT2D eigenvalue weighted by Gasteiger charge is -2.37. The van der Waals surface area contributed by atoms with Crippen LogP contribution in [0, 0.1) is 0 Å². The zero-order valence-corrected chi connectivity index (χ0v) is 16.4. The van der Waals surface area contributed by atoms with Gasteiger partial charge in [-0.1, -0.05) is 45.7 Å². The number of benzene rings is 1. The van der Waals surface area contributed by atoms with Crippen molar-refractivity contribution in [2.24, 2.45) is 0 Å². The van der Waals surface area contributed by atoms with Crippen molar-refractivity contribution in [2.45, 2.75) is 81.3 Å². The van der Waals surface area contributed by atoms with E-state index in [2.05, 4.69) is 25.7 Å². The van der Waals surface area contributed by atoms with E-state index in [-0.39, 0.29) is 11.5 Å². The number of hydrogen-bond donors (Lipinski definition) is 0. The number of nitrogens with zero attached hydrogens (tertiary/aromatic N) is 2. The lowest BCUT2D eigenvalue weighted by Crippen LogP contribution is -2.51. The summed E-state index contributed by atoms with van der Waals surface area (Å²) < 4.78 is 28.0. The van der Waals surface area contributed by atoms with Gasteiger partial charge >= 0.3 is 0 Å². The Kier molecular flexibility index (Phi) is 4.25. The van der Waals surface area contributed by atoms with Crippen LogP contribution in [0.2, 0.25) is 0 Å².